The molecule has 1 heterocycles. The standard InChI is InChI=1S/C11H12ClF3N2O2S/c12-9-2-1-8(11(13,14)15)7-10(9)20(18,19)17-5-3-16-4-6-17/h1-2,7,16H,3-6H2. The number of halogens is 4. The van der Waals surface area contributed by atoms with E-state index in [4.69, 9.17) is 11.6 Å². The average molecular weight is 329 g/mol. The molecule has 0 aromatic heterocycles. The normalized spacial score (nSPS) is 18.2. The van der Waals surface area contributed by atoms with Crippen LogP contribution in [-0.4, -0.2) is 38.9 Å². The molecule has 1 aliphatic heterocycles. The van der Waals surface area contributed by atoms with E-state index < -0.39 is 26.7 Å². The van der Waals surface area contributed by atoms with E-state index in [0.717, 1.165) is 16.4 Å². The fourth-order valence-corrected chi connectivity index (χ4v) is 3.84. The predicted octanol–water partition coefficient (Wildman–Crippen LogP) is 1.95. The van der Waals surface area contributed by atoms with E-state index >= 15 is 0 Å². The summed E-state index contributed by atoms with van der Waals surface area (Å²) in [5, 5.41) is 2.76. The fourth-order valence-electron chi connectivity index (χ4n) is 1.90. The van der Waals surface area contributed by atoms with Gasteiger partial charge in [0.2, 0.25) is 10.0 Å². The minimum absolute atomic E-state index is 0.203. The van der Waals surface area contributed by atoms with Gasteiger partial charge in [-0.2, -0.15) is 17.5 Å². The molecule has 9 heteroatoms. The molecule has 1 fully saturated rings. The summed E-state index contributed by atoms with van der Waals surface area (Å²) in [4.78, 5) is -0.504. The van der Waals surface area contributed by atoms with Crippen LogP contribution < -0.4 is 5.32 Å². The molecule has 1 aromatic rings. The molecule has 2 rings (SSSR count). The van der Waals surface area contributed by atoms with Crippen molar-refractivity contribution in [2.24, 2.45) is 0 Å². The zero-order valence-corrected chi connectivity index (χ0v) is 11.8. The molecule has 0 spiro atoms. The first-order valence-electron chi connectivity index (χ1n) is 5.80. The number of sulfonamides is 1. The van der Waals surface area contributed by atoms with Crippen LogP contribution in [0.4, 0.5) is 13.2 Å². The molecule has 0 bridgehead atoms. The molecule has 0 aliphatic carbocycles. The Bertz CT molecular complexity index is 598. The first-order valence-corrected chi connectivity index (χ1v) is 7.62. The molecule has 1 saturated heterocycles. The van der Waals surface area contributed by atoms with Crippen LogP contribution in [-0.2, 0) is 16.2 Å². The van der Waals surface area contributed by atoms with Crippen molar-refractivity contribution in [1.82, 2.24) is 9.62 Å². The van der Waals surface area contributed by atoms with Crippen molar-refractivity contribution in [1.29, 1.82) is 0 Å². The van der Waals surface area contributed by atoms with Crippen LogP contribution in [0.1, 0.15) is 5.56 Å². The first kappa shape index (κ1) is 15.6. The molecule has 112 valence electrons. The van der Waals surface area contributed by atoms with E-state index in [1.54, 1.807) is 0 Å². The summed E-state index contributed by atoms with van der Waals surface area (Å²) in [7, 11) is -4.01. The van der Waals surface area contributed by atoms with Gasteiger partial charge in [0, 0.05) is 26.2 Å². The van der Waals surface area contributed by atoms with Gasteiger partial charge in [0.15, 0.2) is 0 Å². The van der Waals surface area contributed by atoms with Crippen molar-refractivity contribution in [2.75, 3.05) is 26.2 Å². The lowest BCUT2D eigenvalue weighted by Gasteiger charge is -2.27. The SMILES string of the molecule is O=S(=O)(c1cc(C(F)(F)F)ccc1Cl)N1CCNCC1. The van der Waals surface area contributed by atoms with Crippen molar-refractivity contribution in [2.45, 2.75) is 11.1 Å². The van der Waals surface area contributed by atoms with Gasteiger partial charge in [0.05, 0.1) is 10.6 Å². The van der Waals surface area contributed by atoms with Crippen LogP contribution in [0.3, 0.4) is 0 Å². The van der Waals surface area contributed by atoms with Crippen molar-refractivity contribution < 1.29 is 21.6 Å². The highest BCUT2D eigenvalue weighted by Gasteiger charge is 2.34. The average Bonchev–Trinajstić information content (AvgIpc) is 2.38. The molecular formula is C11H12ClF3N2O2S. The highest BCUT2D eigenvalue weighted by molar-refractivity contribution is 7.89. The van der Waals surface area contributed by atoms with Crippen LogP contribution in [0.15, 0.2) is 23.1 Å². The third kappa shape index (κ3) is 3.08. The lowest BCUT2D eigenvalue weighted by Crippen LogP contribution is -2.46. The van der Waals surface area contributed by atoms with E-state index in [1.807, 2.05) is 0 Å². The lowest BCUT2D eigenvalue weighted by molar-refractivity contribution is -0.137. The van der Waals surface area contributed by atoms with Gasteiger partial charge in [-0.05, 0) is 18.2 Å². The number of nitrogens with one attached hydrogen (secondary N) is 1. The minimum atomic E-state index is -4.61. The molecule has 0 unspecified atom stereocenters. The van der Waals surface area contributed by atoms with Gasteiger partial charge < -0.3 is 5.32 Å². The molecule has 0 radical (unpaired) electrons. The highest BCUT2D eigenvalue weighted by atomic mass is 35.5. The van der Waals surface area contributed by atoms with Gasteiger partial charge >= 0.3 is 6.18 Å². The topological polar surface area (TPSA) is 49.4 Å². The van der Waals surface area contributed by atoms with Crippen molar-refractivity contribution >= 4 is 21.6 Å². The fraction of sp³-hybridized carbons (Fsp3) is 0.455. The Morgan fingerprint density at radius 3 is 2.35 bits per heavy atom. The summed E-state index contributed by atoms with van der Waals surface area (Å²) < 4.78 is 63.8. The van der Waals surface area contributed by atoms with Crippen LogP contribution in [0, 0.1) is 0 Å². The summed E-state index contributed by atoms with van der Waals surface area (Å²) in [6.45, 7) is 1.31. The van der Waals surface area contributed by atoms with Gasteiger partial charge in [-0.25, -0.2) is 8.42 Å². The van der Waals surface area contributed by atoms with Crippen molar-refractivity contribution in [3.05, 3.63) is 28.8 Å². The Morgan fingerprint density at radius 2 is 1.80 bits per heavy atom. The van der Waals surface area contributed by atoms with Crippen LogP contribution in [0.25, 0.3) is 0 Å². The van der Waals surface area contributed by atoms with E-state index in [2.05, 4.69) is 5.32 Å². The number of benzene rings is 1. The molecule has 1 aliphatic rings. The minimum Gasteiger partial charge on any atom is -0.314 e. The molecule has 20 heavy (non-hydrogen) atoms. The molecule has 4 nitrogen and oxygen atoms in total. The zero-order chi connectivity index (χ0) is 15.0. The number of hydrogen-bond donors (Lipinski definition) is 1. The second-order valence-electron chi connectivity index (χ2n) is 4.30. The number of nitrogens with zero attached hydrogens (tertiary/aromatic N) is 1. The number of hydrogen-bond acceptors (Lipinski definition) is 3. The predicted molar refractivity (Wildman–Crippen MR) is 68.1 cm³/mol. The van der Waals surface area contributed by atoms with Crippen LogP contribution in [0.5, 0.6) is 0 Å². The molecule has 0 saturated carbocycles. The number of alkyl halides is 3. The smallest absolute Gasteiger partial charge is 0.314 e. The summed E-state index contributed by atoms with van der Waals surface area (Å²) >= 11 is 5.76. The van der Waals surface area contributed by atoms with E-state index in [-0.39, 0.29) is 18.1 Å². The summed E-state index contributed by atoms with van der Waals surface area (Å²) in [5.41, 5.74) is -1.03. The molecule has 1 N–H and O–H groups in total. The van der Waals surface area contributed by atoms with Gasteiger partial charge in [0.1, 0.15) is 4.90 Å². The quantitative estimate of drug-likeness (QED) is 0.903. The van der Waals surface area contributed by atoms with Crippen LogP contribution in [0.2, 0.25) is 5.02 Å². The van der Waals surface area contributed by atoms with Gasteiger partial charge in [-0.15, -0.1) is 0 Å². The Labute approximate surface area is 119 Å². The Hall–Kier alpha value is -0.830. The zero-order valence-electron chi connectivity index (χ0n) is 10.2. The Balaban J connectivity index is 2.45. The largest absolute Gasteiger partial charge is 0.416 e. The molecule has 0 atom stereocenters. The maximum absolute atomic E-state index is 12.7. The summed E-state index contributed by atoms with van der Waals surface area (Å²) in [6, 6.07) is 2.30. The number of rotatable bonds is 2. The van der Waals surface area contributed by atoms with E-state index in [0.29, 0.717) is 19.2 Å². The van der Waals surface area contributed by atoms with Crippen LogP contribution >= 0.6 is 11.6 Å². The van der Waals surface area contributed by atoms with Gasteiger partial charge in [-0.1, -0.05) is 11.6 Å². The monoisotopic (exact) mass is 328 g/mol. The Kier molecular flexibility index (Phi) is 4.29. The Morgan fingerprint density at radius 1 is 1.20 bits per heavy atom. The second kappa shape index (κ2) is 5.51. The molecular weight excluding hydrogens is 317 g/mol. The maximum atomic E-state index is 12.7. The van der Waals surface area contributed by atoms with Crippen molar-refractivity contribution in [3.63, 3.8) is 0 Å². The van der Waals surface area contributed by atoms with Gasteiger partial charge in [-0.3, -0.25) is 0 Å². The first-order chi connectivity index (χ1) is 9.23. The summed E-state index contributed by atoms with van der Waals surface area (Å²) in [6.07, 6.45) is -4.61. The molecule has 1 aromatic carbocycles. The summed E-state index contributed by atoms with van der Waals surface area (Å²) in [5.74, 6) is 0. The second-order valence-corrected chi connectivity index (χ2v) is 6.61. The maximum Gasteiger partial charge on any atom is 0.416 e. The van der Waals surface area contributed by atoms with Gasteiger partial charge in [0.25, 0.3) is 0 Å². The lowest BCUT2D eigenvalue weighted by atomic mass is 10.2. The highest BCUT2D eigenvalue weighted by Crippen LogP contribution is 2.34. The third-order valence-electron chi connectivity index (χ3n) is 2.95. The van der Waals surface area contributed by atoms with E-state index in [9.17, 15) is 21.6 Å². The van der Waals surface area contributed by atoms with E-state index in [1.165, 1.54) is 0 Å². The number of piperazine rings is 1. The third-order valence-corrected chi connectivity index (χ3v) is 5.33. The van der Waals surface area contributed by atoms with Crippen molar-refractivity contribution in [3.8, 4) is 0 Å². The molecule has 0 amide bonds.